The third kappa shape index (κ3) is 4.22. The largest absolute Gasteiger partial charge is 0.357 e. The molecule has 0 saturated carbocycles. The fourth-order valence-corrected chi connectivity index (χ4v) is 3.28. The minimum Gasteiger partial charge on any atom is -0.357 e. The lowest BCUT2D eigenvalue weighted by atomic mass is 9.85. The number of hydrogen-bond acceptors (Lipinski definition) is 5. The molecule has 2 aromatic rings. The number of benzene rings is 2. The van der Waals surface area contributed by atoms with Gasteiger partial charge in [-0.05, 0) is 57.0 Å². The Labute approximate surface area is 164 Å². The van der Waals surface area contributed by atoms with Gasteiger partial charge in [-0.25, -0.2) is 0 Å². The molecule has 144 valence electrons. The third-order valence-corrected chi connectivity index (χ3v) is 4.66. The van der Waals surface area contributed by atoms with Crippen molar-refractivity contribution in [3.63, 3.8) is 0 Å². The van der Waals surface area contributed by atoms with E-state index in [1.165, 1.54) is 6.92 Å². The van der Waals surface area contributed by atoms with E-state index in [0.29, 0.717) is 17.0 Å². The summed E-state index contributed by atoms with van der Waals surface area (Å²) in [7, 11) is 1.58. The van der Waals surface area contributed by atoms with Crippen molar-refractivity contribution >= 4 is 23.1 Å². The lowest BCUT2D eigenvalue weighted by Crippen LogP contribution is -2.41. The number of hydrogen-bond donors (Lipinski definition) is 1. The van der Waals surface area contributed by atoms with Crippen LogP contribution in [0.25, 0.3) is 0 Å². The lowest BCUT2D eigenvalue weighted by Gasteiger charge is -2.30. The first-order valence-corrected chi connectivity index (χ1v) is 9.22. The molecule has 2 aromatic carbocycles. The van der Waals surface area contributed by atoms with Crippen LogP contribution in [-0.4, -0.2) is 36.0 Å². The second kappa shape index (κ2) is 7.84. The average molecular weight is 376 g/mol. The van der Waals surface area contributed by atoms with Gasteiger partial charge < -0.3 is 5.32 Å². The number of amides is 1. The van der Waals surface area contributed by atoms with E-state index in [1.54, 1.807) is 31.3 Å². The summed E-state index contributed by atoms with van der Waals surface area (Å²) in [5.41, 5.74) is 3.55. The van der Waals surface area contributed by atoms with E-state index < -0.39 is 6.04 Å². The van der Waals surface area contributed by atoms with Crippen molar-refractivity contribution in [1.82, 2.24) is 5.32 Å². The molecule has 0 aliphatic carbocycles. The van der Waals surface area contributed by atoms with Crippen LogP contribution in [0.4, 0.5) is 5.69 Å². The first-order valence-electron chi connectivity index (χ1n) is 9.22. The third-order valence-electron chi connectivity index (χ3n) is 4.66. The molecule has 0 aromatic heterocycles. The quantitative estimate of drug-likeness (QED) is 0.634. The topological polar surface area (TPSA) is 83.2 Å². The second-order valence-corrected chi connectivity index (χ2v) is 7.48. The second-order valence-electron chi connectivity index (χ2n) is 7.48. The number of azo groups is 1. The summed E-state index contributed by atoms with van der Waals surface area (Å²) in [5.74, 6) is -0.280. The lowest BCUT2D eigenvalue weighted by molar-refractivity contribution is -0.120. The number of nitrogens with one attached hydrogen (secondary N) is 1. The molecule has 0 bridgehead atoms. The van der Waals surface area contributed by atoms with E-state index in [1.807, 2.05) is 32.0 Å². The first-order chi connectivity index (χ1) is 13.3. The predicted octanol–water partition coefficient (Wildman–Crippen LogP) is 3.91. The van der Waals surface area contributed by atoms with Crippen molar-refractivity contribution in [3.05, 3.63) is 65.2 Å². The predicted molar refractivity (Wildman–Crippen MR) is 110 cm³/mol. The number of carbonyl (C=O) groups excluding carboxylic acids is 2. The summed E-state index contributed by atoms with van der Waals surface area (Å²) in [6.07, 6.45) is 0.802. The molecule has 1 unspecified atom stereocenters. The molecular formula is C22H24N4O2. The first kappa shape index (κ1) is 19.6. The highest BCUT2D eigenvalue weighted by atomic mass is 16.2. The van der Waals surface area contributed by atoms with Crippen molar-refractivity contribution in [2.45, 2.75) is 38.8 Å². The summed E-state index contributed by atoms with van der Waals surface area (Å²) in [6.45, 7) is 5.60. The zero-order valence-corrected chi connectivity index (χ0v) is 16.6. The molecule has 28 heavy (non-hydrogen) atoms. The van der Waals surface area contributed by atoms with Crippen LogP contribution in [0.1, 0.15) is 42.3 Å². The Hall–Kier alpha value is -3.15. The summed E-state index contributed by atoms with van der Waals surface area (Å²) in [4.78, 5) is 28.9. The Morgan fingerprint density at radius 1 is 1.11 bits per heavy atom. The Kier molecular flexibility index (Phi) is 5.49. The summed E-state index contributed by atoms with van der Waals surface area (Å²) in [6, 6.07) is 13.9. The maximum absolute atomic E-state index is 12.6. The summed E-state index contributed by atoms with van der Waals surface area (Å²) in [5, 5.41) is 11.2. The Morgan fingerprint density at radius 2 is 1.79 bits per heavy atom. The van der Waals surface area contributed by atoms with Crippen LogP contribution < -0.4 is 5.32 Å². The number of rotatable bonds is 5. The molecule has 6 heteroatoms. The molecular weight excluding hydrogens is 352 g/mol. The van der Waals surface area contributed by atoms with Crippen LogP contribution in [0.15, 0.2) is 63.8 Å². The van der Waals surface area contributed by atoms with Gasteiger partial charge in [-0.3, -0.25) is 14.6 Å². The van der Waals surface area contributed by atoms with Crippen LogP contribution in [0.2, 0.25) is 0 Å². The molecule has 6 nitrogen and oxygen atoms in total. The fraction of sp³-hybridized carbons (Fsp3) is 0.318. The van der Waals surface area contributed by atoms with E-state index in [-0.39, 0.29) is 17.2 Å². The van der Waals surface area contributed by atoms with Crippen LogP contribution in [0.3, 0.4) is 0 Å². The minimum absolute atomic E-state index is 0.0119. The van der Waals surface area contributed by atoms with Crippen molar-refractivity contribution in [2.75, 3.05) is 7.05 Å². The highest BCUT2D eigenvalue weighted by Gasteiger charge is 2.33. The maximum Gasteiger partial charge on any atom is 0.252 e. The number of aliphatic imine (C=N–C) groups is 1. The summed E-state index contributed by atoms with van der Waals surface area (Å²) >= 11 is 0. The molecule has 1 heterocycles. The number of carbonyl (C=O) groups is 2. The monoisotopic (exact) mass is 376 g/mol. The van der Waals surface area contributed by atoms with Gasteiger partial charge in [0.05, 0.1) is 16.9 Å². The van der Waals surface area contributed by atoms with Crippen LogP contribution in [-0.2, 0) is 11.2 Å². The Bertz CT molecular complexity index is 959. The molecule has 0 saturated heterocycles. The molecule has 0 spiro atoms. The van der Waals surface area contributed by atoms with Gasteiger partial charge >= 0.3 is 0 Å². The highest BCUT2D eigenvalue weighted by Crippen LogP contribution is 2.29. The molecule has 1 aliphatic heterocycles. The van der Waals surface area contributed by atoms with Crippen molar-refractivity contribution < 1.29 is 9.59 Å². The van der Waals surface area contributed by atoms with Crippen LogP contribution in [0, 0.1) is 0 Å². The zero-order chi connectivity index (χ0) is 20.3. The standard InChI is InChI=1S/C22H24N4O2/c1-14(27)15-9-11-17(12-10-15)25-26-20(21(28)23-4)19-18-8-6-5-7-16(18)13-22(2,3)24-19/h5-12,20H,13H2,1-4H3,(H,23,28). The van der Waals surface area contributed by atoms with E-state index in [9.17, 15) is 9.59 Å². The van der Waals surface area contributed by atoms with Crippen molar-refractivity contribution in [3.8, 4) is 0 Å². The average Bonchev–Trinajstić information content (AvgIpc) is 2.67. The molecule has 1 aliphatic rings. The van der Waals surface area contributed by atoms with E-state index >= 15 is 0 Å². The van der Waals surface area contributed by atoms with Gasteiger partial charge in [0.15, 0.2) is 11.8 Å². The molecule has 1 amide bonds. The number of likely N-dealkylation sites (N-methyl/N-ethyl adjacent to an activating group) is 1. The van der Waals surface area contributed by atoms with Crippen LogP contribution >= 0.6 is 0 Å². The molecule has 0 fully saturated rings. The van der Waals surface area contributed by atoms with Crippen molar-refractivity contribution in [2.24, 2.45) is 15.2 Å². The summed E-state index contributed by atoms with van der Waals surface area (Å²) < 4.78 is 0. The van der Waals surface area contributed by atoms with Gasteiger partial charge in [-0.2, -0.15) is 10.2 Å². The number of Topliss-reactive ketones (excluding diaryl/α,β-unsaturated/α-hetero) is 1. The number of nitrogens with zero attached hydrogens (tertiary/aromatic N) is 3. The van der Waals surface area contributed by atoms with Crippen LogP contribution in [0.5, 0.6) is 0 Å². The maximum atomic E-state index is 12.6. The molecule has 1 atom stereocenters. The minimum atomic E-state index is -0.849. The Morgan fingerprint density at radius 3 is 2.43 bits per heavy atom. The van der Waals surface area contributed by atoms with Gasteiger partial charge in [0, 0.05) is 18.2 Å². The highest BCUT2D eigenvalue weighted by molar-refractivity contribution is 6.17. The van der Waals surface area contributed by atoms with E-state index in [0.717, 1.165) is 17.5 Å². The SMILES string of the molecule is CNC(=O)C(N=Nc1ccc(C(C)=O)cc1)C1=NC(C)(C)Cc2ccccc21. The Balaban J connectivity index is 1.99. The van der Waals surface area contributed by atoms with Crippen molar-refractivity contribution in [1.29, 1.82) is 0 Å². The zero-order valence-electron chi connectivity index (χ0n) is 16.6. The number of ketones is 1. The normalized spacial score (nSPS) is 16.2. The molecule has 1 N–H and O–H groups in total. The fourth-order valence-electron chi connectivity index (χ4n) is 3.28. The van der Waals surface area contributed by atoms with Gasteiger partial charge in [0.25, 0.3) is 5.91 Å². The smallest absolute Gasteiger partial charge is 0.252 e. The molecule has 0 radical (unpaired) electrons. The van der Waals surface area contributed by atoms with Gasteiger partial charge in [0.2, 0.25) is 0 Å². The van der Waals surface area contributed by atoms with Gasteiger partial charge in [0.1, 0.15) is 0 Å². The van der Waals surface area contributed by atoms with Gasteiger partial charge in [-0.15, -0.1) is 0 Å². The van der Waals surface area contributed by atoms with Gasteiger partial charge in [-0.1, -0.05) is 24.3 Å². The van der Waals surface area contributed by atoms with E-state index in [4.69, 9.17) is 4.99 Å². The van der Waals surface area contributed by atoms with E-state index in [2.05, 4.69) is 21.6 Å². The number of fused-ring (bicyclic) bond motifs is 1. The molecule has 3 rings (SSSR count).